The van der Waals surface area contributed by atoms with Gasteiger partial charge >= 0.3 is 0 Å². The lowest BCUT2D eigenvalue weighted by molar-refractivity contribution is 0.590. The molecule has 0 unspecified atom stereocenters. The minimum atomic E-state index is 0.171. The molecule has 0 atom stereocenters. The molecule has 0 saturated carbocycles. The molecule has 0 spiro atoms. The average Bonchev–Trinajstić information content (AvgIpc) is 3.05. The highest BCUT2D eigenvalue weighted by molar-refractivity contribution is 5.79. The van der Waals surface area contributed by atoms with E-state index < -0.39 is 0 Å². The van der Waals surface area contributed by atoms with Crippen molar-refractivity contribution in [2.24, 2.45) is 4.99 Å². The van der Waals surface area contributed by atoms with Gasteiger partial charge in [0.25, 0.3) is 0 Å². The number of hydrogen-bond donors (Lipinski definition) is 2. The van der Waals surface area contributed by atoms with Gasteiger partial charge in [0, 0.05) is 19.8 Å². The predicted octanol–water partition coefficient (Wildman–Crippen LogP) is 2.89. The molecule has 3 aromatic rings. The van der Waals surface area contributed by atoms with E-state index in [2.05, 4.69) is 70.9 Å². The van der Waals surface area contributed by atoms with E-state index in [1.54, 1.807) is 7.05 Å². The lowest BCUT2D eigenvalue weighted by Crippen LogP contribution is -2.36. The van der Waals surface area contributed by atoms with Crippen molar-refractivity contribution in [2.45, 2.75) is 39.3 Å². The lowest BCUT2D eigenvalue weighted by Gasteiger charge is -2.19. The molecule has 0 amide bonds. The van der Waals surface area contributed by atoms with Crippen LogP contribution >= 0.6 is 0 Å². The topological polar surface area (TPSA) is 66.6 Å². The van der Waals surface area contributed by atoms with Gasteiger partial charge in [-0.15, -0.1) is 10.2 Å². The van der Waals surface area contributed by atoms with Crippen LogP contribution in [0.15, 0.2) is 53.7 Å². The minimum absolute atomic E-state index is 0.171. The standard InChI is InChI=1S/C20H26N6/c1-20(2,3)16-10-8-15(9-11-16)13-22-19(21-4)23-14-18-25-24-17-7-5-6-12-26(17)18/h5-12H,13-14H2,1-4H3,(H2,21,22,23). The Morgan fingerprint density at radius 3 is 2.42 bits per heavy atom. The SMILES string of the molecule is CN=C(NCc1ccc(C(C)(C)C)cc1)NCc1nnc2ccccn12. The molecule has 26 heavy (non-hydrogen) atoms. The highest BCUT2D eigenvalue weighted by Crippen LogP contribution is 2.22. The maximum absolute atomic E-state index is 4.28. The average molecular weight is 350 g/mol. The van der Waals surface area contributed by atoms with Gasteiger partial charge in [0.15, 0.2) is 17.4 Å². The first-order valence-electron chi connectivity index (χ1n) is 8.80. The minimum Gasteiger partial charge on any atom is -0.352 e. The van der Waals surface area contributed by atoms with Gasteiger partial charge < -0.3 is 10.6 Å². The molecule has 6 heteroatoms. The summed E-state index contributed by atoms with van der Waals surface area (Å²) >= 11 is 0. The fourth-order valence-electron chi connectivity index (χ4n) is 2.70. The van der Waals surface area contributed by atoms with E-state index in [1.807, 2.05) is 28.8 Å². The van der Waals surface area contributed by atoms with Crippen LogP contribution in [0.5, 0.6) is 0 Å². The van der Waals surface area contributed by atoms with Gasteiger partial charge in [-0.1, -0.05) is 51.1 Å². The molecule has 0 aliphatic carbocycles. The molecule has 3 rings (SSSR count). The van der Waals surface area contributed by atoms with E-state index in [-0.39, 0.29) is 5.41 Å². The number of benzene rings is 1. The molecule has 1 aromatic carbocycles. The zero-order valence-corrected chi connectivity index (χ0v) is 15.8. The second-order valence-corrected chi connectivity index (χ2v) is 7.27. The normalized spacial score (nSPS) is 12.4. The van der Waals surface area contributed by atoms with Crippen molar-refractivity contribution in [1.82, 2.24) is 25.2 Å². The molecule has 0 aliphatic rings. The van der Waals surface area contributed by atoms with E-state index >= 15 is 0 Å². The molecule has 0 radical (unpaired) electrons. The maximum Gasteiger partial charge on any atom is 0.191 e. The molecular weight excluding hydrogens is 324 g/mol. The molecule has 6 nitrogen and oxygen atoms in total. The van der Waals surface area contributed by atoms with Gasteiger partial charge in [-0.3, -0.25) is 9.39 Å². The third-order valence-corrected chi connectivity index (χ3v) is 4.30. The molecule has 2 aromatic heterocycles. The summed E-state index contributed by atoms with van der Waals surface area (Å²) in [5.74, 6) is 1.58. The van der Waals surface area contributed by atoms with Gasteiger partial charge in [0.1, 0.15) is 0 Å². The van der Waals surface area contributed by atoms with Crippen molar-refractivity contribution in [3.05, 3.63) is 65.6 Å². The van der Waals surface area contributed by atoms with Crippen LogP contribution in [0.2, 0.25) is 0 Å². The molecule has 0 saturated heterocycles. The highest BCUT2D eigenvalue weighted by Gasteiger charge is 2.12. The van der Waals surface area contributed by atoms with Crippen LogP contribution in [0.4, 0.5) is 0 Å². The second-order valence-electron chi connectivity index (χ2n) is 7.27. The van der Waals surface area contributed by atoms with Crippen LogP contribution in [0.1, 0.15) is 37.7 Å². The molecular formula is C20H26N6. The zero-order valence-electron chi connectivity index (χ0n) is 15.8. The number of pyridine rings is 1. The second kappa shape index (κ2) is 7.56. The first-order chi connectivity index (χ1) is 12.5. The fourth-order valence-corrected chi connectivity index (χ4v) is 2.70. The van der Waals surface area contributed by atoms with E-state index in [0.717, 1.165) is 17.4 Å². The number of hydrogen-bond acceptors (Lipinski definition) is 3. The quantitative estimate of drug-likeness (QED) is 0.561. The monoisotopic (exact) mass is 350 g/mol. The van der Waals surface area contributed by atoms with Crippen molar-refractivity contribution in [1.29, 1.82) is 0 Å². The highest BCUT2D eigenvalue weighted by atomic mass is 15.3. The zero-order chi connectivity index (χ0) is 18.6. The van der Waals surface area contributed by atoms with Crippen molar-refractivity contribution in [3.63, 3.8) is 0 Å². The maximum atomic E-state index is 4.28. The van der Waals surface area contributed by atoms with E-state index in [9.17, 15) is 0 Å². The summed E-state index contributed by atoms with van der Waals surface area (Å²) in [7, 11) is 1.76. The smallest absolute Gasteiger partial charge is 0.191 e. The molecule has 0 aliphatic heterocycles. The summed E-state index contributed by atoms with van der Waals surface area (Å²) in [6.07, 6.45) is 1.96. The van der Waals surface area contributed by atoms with Crippen LogP contribution in [0, 0.1) is 0 Å². The van der Waals surface area contributed by atoms with Crippen molar-refractivity contribution >= 4 is 11.6 Å². The third kappa shape index (κ3) is 4.20. The Kier molecular flexibility index (Phi) is 5.21. The Labute approximate surface area is 154 Å². The first-order valence-corrected chi connectivity index (χ1v) is 8.80. The first kappa shape index (κ1) is 17.9. The predicted molar refractivity (Wildman–Crippen MR) is 105 cm³/mol. The summed E-state index contributed by atoms with van der Waals surface area (Å²) < 4.78 is 1.96. The summed E-state index contributed by atoms with van der Waals surface area (Å²) in [6.45, 7) is 7.93. The Balaban J connectivity index is 1.57. The molecule has 2 N–H and O–H groups in total. The summed E-state index contributed by atoms with van der Waals surface area (Å²) in [4.78, 5) is 4.28. The Hall–Kier alpha value is -2.89. The van der Waals surface area contributed by atoms with E-state index in [0.29, 0.717) is 13.1 Å². The van der Waals surface area contributed by atoms with Crippen molar-refractivity contribution < 1.29 is 0 Å². The van der Waals surface area contributed by atoms with Crippen LogP contribution < -0.4 is 10.6 Å². The summed E-state index contributed by atoms with van der Waals surface area (Å²) in [6, 6.07) is 14.6. The number of aromatic nitrogens is 3. The van der Waals surface area contributed by atoms with Gasteiger partial charge in [-0.05, 0) is 28.7 Å². The molecule has 136 valence electrons. The number of fused-ring (bicyclic) bond motifs is 1. The molecule has 0 bridgehead atoms. The van der Waals surface area contributed by atoms with Crippen LogP contribution in [-0.2, 0) is 18.5 Å². The Bertz CT molecular complexity index is 887. The van der Waals surface area contributed by atoms with Crippen molar-refractivity contribution in [3.8, 4) is 0 Å². The lowest BCUT2D eigenvalue weighted by atomic mass is 9.87. The summed E-state index contributed by atoms with van der Waals surface area (Å²) in [5, 5.41) is 15.0. The molecule has 2 heterocycles. The number of aliphatic imine (C=N–C) groups is 1. The van der Waals surface area contributed by atoms with Crippen molar-refractivity contribution in [2.75, 3.05) is 7.05 Å². The summed E-state index contributed by atoms with van der Waals surface area (Å²) in [5.41, 5.74) is 3.56. The van der Waals surface area contributed by atoms with Gasteiger partial charge in [0.2, 0.25) is 0 Å². The number of nitrogens with zero attached hydrogens (tertiary/aromatic N) is 4. The van der Waals surface area contributed by atoms with Gasteiger partial charge in [-0.2, -0.15) is 0 Å². The number of rotatable bonds is 4. The molecule has 0 fully saturated rings. The fraction of sp³-hybridized carbons (Fsp3) is 0.350. The van der Waals surface area contributed by atoms with Gasteiger partial charge in [-0.25, -0.2) is 0 Å². The Morgan fingerprint density at radius 2 is 1.73 bits per heavy atom. The largest absolute Gasteiger partial charge is 0.352 e. The number of nitrogens with one attached hydrogen (secondary N) is 2. The van der Waals surface area contributed by atoms with E-state index in [4.69, 9.17) is 0 Å². The van der Waals surface area contributed by atoms with Crippen LogP contribution in [0.25, 0.3) is 5.65 Å². The van der Waals surface area contributed by atoms with Crippen LogP contribution in [0.3, 0.4) is 0 Å². The number of guanidine groups is 1. The van der Waals surface area contributed by atoms with E-state index in [1.165, 1.54) is 11.1 Å². The van der Waals surface area contributed by atoms with Crippen LogP contribution in [-0.4, -0.2) is 27.6 Å². The Morgan fingerprint density at radius 1 is 1.00 bits per heavy atom. The third-order valence-electron chi connectivity index (χ3n) is 4.30. The van der Waals surface area contributed by atoms with Gasteiger partial charge in [0.05, 0.1) is 6.54 Å².